The van der Waals surface area contributed by atoms with Crippen molar-refractivity contribution in [2.24, 2.45) is 11.5 Å². The van der Waals surface area contributed by atoms with E-state index in [4.69, 9.17) is 11.5 Å². The van der Waals surface area contributed by atoms with Crippen LogP contribution in [0.2, 0.25) is 0 Å². The highest BCUT2D eigenvalue weighted by Crippen LogP contribution is 2.30. The molecular formula is C11H16N4O3S. The average molecular weight is 284 g/mol. The van der Waals surface area contributed by atoms with Gasteiger partial charge in [-0.3, -0.25) is 14.4 Å². The average Bonchev–Trinajstić information content (AvgIpc) is 2.64. The maximum absolute atomic E-state index is 11.5. The summed E-state index contributed by atoms with van der Waals surface area (Å²) in [6.07, 6.45) is 0.878. The normalized spacial score (nSPS) is 10.2. The molecule has 0 aliphatic heterocycles. The first kappa shape index (κ1) is 15.1. The zero-order valence-electron chi connectivity index (χ0n) is 10.7. The smallest absolute Gasteiger partial charge is 0.253 e. The maximum Gasteiger partial charge on any atom is 0.253 e. The first-order valence-electron chi connectivity index (χ1n) is 5.64. The number of aromatic amines is 1. The summed E-state index contributed by atoms with van der Waals surface area (Å²) < 4.78 is 0. The zero-order chi connectivity index (χ0) is 14.6. The minimum atomic E-state index is -0.822. The van der Waals surface area contributed by atoms with Crippen molar-refractivity contribution in [3.05, 3.63) is 11.1 Å². The van der Waals surface area contributed by atoms with Gasteiger partial charge < -0.3 is 21.8 Å². The number of rotatable bonds is 6. The second-order valence-corrected chi connectivity index (χ2v) is 4.94. The van der Waals surface area contributed by atoms with Gasteiger partial charge in [-0.2, -0.15) is 0 Å². The molecule has 0 saturated carbocycles. The van der Waals surface area contributed by atoms with Crippen molar-refractivity contribution in [2.75, 3.05) is 11.1 Å². The Labute approximate surface area is 114 Å². The van der Waals surface area contributed by atoms with E-state index < -0.39 is 11.8 Å². The van der Waals surface area contributed by atoms with Gasteiger partial charge in [-0.1, -0.05) is 6.92 Å². The lowest BCUT2D eigenvalue weighted by Crippen LogP contribution is -2.21. The topological polar surface area (TPSA) is 131 Å². The van der Waals surface area contributed by atoms with Gasteiger partial charge in [-0.15, -0.1) is 11.8 Å². The van der Waals surface area contributed by atoms with Gasteiger partial charge in [0.1, 0.15) is 5.82 Å². The maximum atomic E-state index is 11.5. The fourth-order valence-electron chi connectivity index (χ4n) is 1.54. The molecule has 0 unspecified atom stereocenters. The minimum absolute atomic E-state index is 0.0229. The molecule has 0 aliphatic rings. The molecule has 0 atom stereocenters. The third kappa shape index (κ3) is 3.50. The van der Waals surface area contributed by atoms with Gasteiger partial charge in [0.25, 0.3) is 11.8 Å². The molecule has 8 heteroatoms. The van der Waals surface area contributed by atoms with Crippen LogP contribution in [-0.2, 0) is 4.79 Å². The number of anilines is 1. The zero-order valence-corrected chi connectivity index (χ0v) is 11.5. The summed E-state index contributed by atoms with van der Waals surface area (Å²) in [6, 6.07) is 0. The second-order valence-electron chi connectivity index (χ2n) is 3.84. The molecule has 1 aromatic rings. The Bertz CT molecular complexity index is 524. The van der Waals surface area contributed by atoms with E-state index in [2.05, 4.69) is 10.3 Å². The first-order valence-corrected chi connectivity index (χ1v) is 6.63. The van der Waals surface area contributed by atoms with Crippen molar-refractivity contribution in [3.8, 4) is 0 Å². The Morgan fingerprint density at radius 3 is 2.21 bits per heavy atom. The summed E-state index contributed by atoms with van der Waals surface area (Å²) in [5.41, 5.74) is 10.5. The van der Waals surface area contributed by atoms with Gasteiger partial charge in [0.15, 0.2) is 0 Å². The molecule has 0 radical (unpaired) electrons. The predicted octanol–water partition coefficient (Wildman–Crippen LogP) is 0.673. The second kappa shape index (κ2) is 6.28. The van der Waals surface area contributed by atoms with E-state index in [9.17, 15) is 14.4 Å². The molecular weight excluding hydrogens is 268 g/mol. The van der Waals surface area contributed by atoms with E-state index in [1.165, 1.54) is 18.7 Å². The van der Waals surface area contributed by atoms with Crippen LogP contribution in [0.4, 0.5) is 5.82 Å². The summed E-state index contributed by atoms with van der Waals surface area (Å²) in [4.78, 5) is 36.8. The minimum Gasteiger partial charge on any atom is -0.365 e. The number of nitrogens with one attached hydrogen (secondary N) is 2. The lowest BCUT2D eigenvalue weighted by molar-refractivity contribution is -0.114. The van der Waals surface area contributed by atoms with E-state index in [1.54, 1.807) is 0 Å². The van der Waals surface area contributed by atoms with Crippen LogP contribution in [0.5, 0.6) is 0 Å². The van der Waals surface area contributed by atoms with Crippen molar-refractivity contribution in [3.63, 3.8) is 0 Å². The quantitative estimate of drug-likeness (QED) is 0.572. The molecule has 0 aromatic carbocycles. The molecule has 7 nitrogen and oxygen atoms in total. The van der Waals surface area contributed by atoms with Crippen LogP contribution in [0.1, 0.15) is 41.0 Å². The number of hydrogen-bond acceptors (Lipinski definition) is 4. The third-order valence-electron chi connectivity index (χ3n) is 2.21. The molecule has 3 amide bonds. The van der Waals surface area contributed by atoms with Crippen LogP contribution < -0.4 is 16.8 Å². The summed E-state index contributed by atoms with van der Waals surface area (Å²) in [7, 11) is 0. The number of hydrogen-bond donors (Lipinski definition) is 4. The molecule has 1 aromatic heterocycles. The van der Waals surface area contributed by atoms with Gasteiger partial charge in [0.05, 0.1) is 16.2 Å². The SMILES string of the molecule is CCCSc1[nH]c(NC(C)=O)c(C(N)=O)c1C(N)=O. The Hall–Kier alpha value is -1.96. The fourth-order valence-corrected chi connectivity index (χ4v) is 2.47. The van der Waals surface area contributed by atoms with E-state index in [0.29, 0.717) is 5.03 Å². The molecule has 0 bridgehead atoms. The van der Waals surface area contributed by atoms with Crippen LogP contribution in [-0.4, -0.2) is 28.5 Å². The summed E-state index contributed by atoms with van der Waals surface area (Å²) >= 11 is 1.34. The highest BCUT2D eigenvalue weighted by molar-refractivity contribution is 7.99. The Morgan fingerprint density at radius 2 is 1.79 bits per heavy atom. The van der Waals surface area contributed by atoms with Crippen molar-refractivity contribution in [1.29, 1.82) is 0 Å². The predicted molar refractivity (Wildman–Crippen MR) is 73.1 cm³/mol. The molecule has 19 heavy (non-hydrogen) atoms. The number of H-pyrrole nitrogens is 1. The van der Waals surface area contributed by atoms with E-state index in [0.717, 1.165) is 12.2 Å². The van der Waals surface area contributed by atoms with Gasteiger partial charge in [-0.25, -0.2) is 0 Å². The summed E-state index contributed by atoms with van der Waals surface area (Å²) in [6.45, 7) is 3.26. The molecule has 0 saturated heterocycles. The van der Waals surface area contributed by atoms with Crippen molar-refractivity contribution in [1.82, 2.24) is 4.98 Å². The first-order chi connectivity index (χ1) is 8.88. The molecule has 0 fully saturated rings. The molecule has 0 spiro atoms. The summed E-state index contributed by atoms with van der Waals surface area (Å²) in [5.74, 6) is -1.13. The number of amides is 3. The van der Waals surface area contributed by atoms with Crippen LogP contribution in [0, 0.1) is 0 Å². The molecule has 6 N–H and O–H groups in total. The number of carbonyl (C=O) groups is 3. The Morgan fingerprint density at radius 1 is 1.21 bits per heavy atom. The van der Waals surface area contributed by atoms with Crippen LogP contribution >= 0.6 is 11.8 Å². The van der Waals surface area contributed by atoms with Crippen molar-refractivity contribution >= 4 is 35.3 Å². The van der Waals surface area contributed by atoms with Crippen LogP contribution in [0.3, 0.4) is 0 Å². The van der Waals surface area contributed by atoms with Crippen LogP contribution in [0.15, 0.2) is 5.03 Å². The van der Waals surface area contributed by atoms with Crippen molar-refractivity contribution < 1.29 is 14.4 Å². The Kier molecular flexibility index (Phi) is 4.99. The van der Waals surface area contributed by atoms with Gasteiger partial charge >= 0.3 is 0 Å². The number of carbonyl (C=O) groups excluding carboxylic acids is 3. The van der Waals surface area contributed by atoms with Gasteiger partial charge in [0, 0.05) is 6.92 Å². The standard InChI is InChI=1S/C11H16N4O3S/c1-3-4-19-11-7(9(13)18)6(8(12)17)10(15-11)14-5(2)16/h15H,3-4H2,1-2H3,(H2,12,17)(H2,13,18)(H,14,16). The lowest BCUT2D eigenvalue weighted by Gasteiger charge is -2.01. The van der Waals surface area contributed by atoms with Gasteiger partial charge in [-0.05, 0) is 12.2 Å². The van der Waals surface area contributed by atoms with E-state index in [1.807, 2.05) is 6.92 Å². The fraction of sp³-hybridized carbons (Fsp3) is 0.364. The summed E-state index contributed by atoms with van der Waals surface area (Å²) in [5, 5.41) is 2.87. The molecule has 1 rings (SSSR count). The van der Waals surface area contributed by atoms with Crippen molar-refractivity contribution in [2.45, 2.75) is 25.3 Å². The number of aromatic nitrogens is 1. The molecule has 104 valence electrons. The van der Waals surface area contributed by atoms with Crippen LogP contribution in [0.25, 0.3) is 0 Å². The number of thioether (sulfide) groups is 1. The van der Waals surface area contributed by atoms with E-state index >= 15 is 0 Å². The van der Waals surface area contributed by atoms with Gasteiger partial charge in [0.2, 0.25) is 5.91 Å². The monoisotopic (exact) mass is 284 g/mol. The molecule has 1 heterocycles. The third-order valence-corrected chi connectivity index (χ3v) is 3.42. The lowest BCUT2D eigenvalue weighted by atomic mass is 10.1. The van der Waals surface area contributed by atoms with E-state index in [-0.39, 0.29) is 22.9 Å². The highest BCUT2D eigenvalue weighted by atomic mass is 32.2. The largest absolute Gasteiger partial charge is 0.365 e. The number of nitrogens with two attached hydrogens (primary N) is 2. The Balaban J connectivity index is 3.35. The number of primary amides is 2. The highest BCUT2D eigenvalue weighted by Gasteiger charge is 2.25. The molecule has 0 aliphatic carbocycles.